The van der Waals surface area contributed by atoms with Crippen LogP contribution in [0.25, 0.3) is 0 Å². The molecule has 5 heteroatoms. The van der Waals surface area contributed by atoms with Crippen molar-refractivity contribution >= 4 is 5.69 Å². The Hall–Kier alpha value is -1.17. The number of hydrogen-bond acceptors (Lipinski definition) is 4. The Morgan fingerprint density at radius 3 is 2.44 bits per heavy atom. The molecule has 1 aromatic carbocycles. The minimum Gasteiger partial charge on any atom is -0.389 e. The molecule has 1 N–H and O–H groups in total. The summed E-state index contributed by atoms with van der Waals surface area (Å²) in [7, 11) is 0. The number of β-amino-alcohol motifs (C(OH)–C–C–N with tert-alkyl or cyclic N) is 1. The van der Waals surface area contributed by atoms with Crippen LogP contribution in [0.15, 0.2) is 24.3 Å². The van der Waals surface area contributed by atoms with Gasteiger partial charge in [-0.3, -0.25) is 4.90 Å². The third kappa shape index (κ3) is 6.16. The lowest BCUT2D eigenvalue weighted by atomic mass is 9.71. The predicted molar refractivity (Wildman–Crippen MR) is 108 cm³/mol. The average Bonchev–Trinajstić information content (AvgIpc) is 2.60. The highest BCUT2D eigenvalue weighted by Gasteiger charge is 2.32. The second-order valence-electron chi connectivity index (χ2n) is 9.29. The topological polar surface area (TPSA) is 35.9 Å². The van der Waals surface area contributed by atoms with Crippen LogP contribution in [0.4, 0.5) is 10.1 Å². The smallest absolute Gasteiger partial charge is 0.123 e. The fourth-order valence-corrected chi connectivity index (χ4v) is 4.82. The summed E-state index contributed by atoms with van der Waals surface area (Å²) in [5.41, 5.74) is 1.40. The lowest BCUT2D eigenvalue weighted by molar-refractivity contribution is -0.0615. The molecule has 27 heavy (non-hydrogen) atoms. The van der Waals surface area contributed by atoms with Gasteiger partial charge in [0.2, 0.25) is 0 Å². The summed E-state index contributed by atoms with van der Waals surface area (Å²) in [5.74, 6) is 0.492. The Labute approximate surface area is 163 Å². The van der Waals surface area contributed by atoms with Crippen molar-refractivity contribution in [1.29, 1.82) is 0 Å². The first-order valence-corrected chi connectivity index (χ1v) is 10.3. The van der Waals surface area contributed by atoms with Crippen molar-refractivity contribution in [2.75, 3.05) is 44.2 Å². The third-order valence-corrected chi connectivity index (χ3v) is 5.90. The fourth-order valence-electron chi connectivity index (χ4n) is 4.82. The maximum absolute atomic E-state index is 13.1. The van der Waals surface area contributed by atoms with Crippen LogP contribution in [-0.2, 0) is 4.74 Å². The number of nitrogens with zero attached hydrogens (tertiary/aromatic N) is 2. The number of rotatable bonds is 6. The largest absolute Gasteiger partial charge is 0.389 e. The Kier molecular flexibility index (Phi) is 6.77. The van der Waals surface area contributed by atoms with Crippen molar-refractivity contribution < 1.29 is 14.2 Å². The van der Waals surface area contributed by atoms with Crippen molar-refractivity contribution in [2.24, 2.45) is 11.3 Å². The highest BCUT2D eigenvalue weighted by atomic mass is 19.1. The van der Waals surface area contributed by atoms with Crippen LogP contribution >= 0.6 is 0 Å². The summed E-state index contributed by atoms with van der Waals surface area (Å²) in [4.78, 5) is 4.56. The first-order chi connectivity index (χ1) is 12.8. The van der Waals surface area contributed by atoms with Gasteiger partial charge >= 0.3 is 0 Å². The number of ether oxygens (including phenoxy) is 1. The standard InChI is InChI=1S/C22H35FN2O2/c1-17-12-21(14-22(2,3)13-17)27-16-20(26)15-24-8-10-25(11-9-24)19-6-4-18(23)5-7-19/h4-7,17,20-21,26H,8-16H2,1-3H3/t17-,20-,21-/m1/s1. The molecule has 1 heterocycles. The molecule has 1 saturated carbocycles. The number of hydrogen-bond donors (Lipinski definition) is 1. The van der Waals surface area contributed by atoms with Crippen molar-refractivity contribution in [3.63, 3.8) is 0 Å². The quantitative estimate of drug-likeness (QED) is 0.821. The first-order valence-electron chi connectivity index (χ1n) is 10.3. The summed E-state index contributed by atoms with van der Waals surface area (Å²) in [5, 5.41) is 10.4. The van der Waals surface area contributed by atoms with Crippen LogP contribution < -0.4 is 4.90 Å². The van der Waals surface area contributed by atoms with Gasteiger partial charge in [-0.05, 0) is 54.9 Å². The van der Waals surface area contributed by atoms with E-state index in [-0.39, 0.29) is 11.9 Å². The summed E-state index contributed by atoms with van der Waals surface area (Å²) >= 11 is 0. The molecular weight excluding hydrogens is 343 g/mol. The van der Waals surface area contributed by atoms with Crippen LogP contribution in [0.1, 0.15) is 40.0 Å². The molecule has 0 aromatic heterocycles. The Bertz CT molecular complexity index is 584. The first kappa shape index (κ1) is 20.6. The maximum atomic E-state index is 13.1. The van der Waals surface area contributed by atoms with E-state index in [0.29, 0.717) is 24.5 Å². The number of piperazine rings is 1. The zero-order valence-electron chi connectivity index (χ0n) is 17.0. The van der Waals surface area contributed by atoms with Gasteiger partial charge in [0.25, 0.3) is 0 Å². The van der Waals surface area contributed by atoms with Gasteiger partial charge in [-0.15, -0.1) is 0 Å². The maximum Gasteiger partial charge on any atom is 0.123 e. The van der Waals surface area contributed by atoms with Crippen LogP contribution in [0.2, 0.25) is 0 Å². The Morgan fingerprint density at radius 2 is 1.81 bits per heavy atom. The summed E-state index contributed by atoms with van der Waals surface area (Å²) in [6.07, 6.45) is 3.28. The van der Waals surface area contributed by atoms with Crippen LogP contribution in [-0.4, -0.2) is 61.5 Å². The van der Waals surface area contributed by atoms with E-state index in [1.807, 2.05) is 12.1 Å². The van der Waals surface area contributed by atoms with E-state index in [4.69, 9.17) is 4.74 Å². The average molecular weight is 379 g/mol. The molecule has 1 aliphatic carbocycles. The van der Waals surface area contributed by atoms with Gasteiger partial charge < -0.3 is 14.7 Å². The van der Waals surface area contributed by atoms with E-state index in [9.17, 15) is 9.50 Å². The van der Waals surface area contributed by atoms with E-state index >= 15 is 0 Å². The van der Waals surface area contributed by atoms with E-state index in [1.165, 1.54) is 18.6 Å². The molecule has 152 valence electrons. The number of benzene rings is 1. The molecule has 0 radical (unpaired) electrons. The second kappa shape index (κ2) is 8.89. The molecule has 2 fully saturated rings. The highest BCUT2D eigenvalue weighted by Crippen LogP contribution is 2.39. The van der Waals surface area contributed by atoms with Gasteiger partial charge in [0.1, 0.15) is 5.82 Å². The normalized spacial score (nSPS) is 27.5. The Balaban J connectivity index is 1.38. The van der Waals surface area contributed by atoms with E-state index in [2.05, 4.69) is 30.6 Å². The molecule has 1 saturated heterocycles. The molecule has 0 unspecified atom stereocenters. The van der Waals surface area contributed by atoms with Crippen LogP contribution in [0, 0.1) is 17.2 Å². The molecule has 3 rings (SSSR count). The number of aliphatic hydroxyl groups excluding tert-OH is 1. The van der Waals surface area contributed by atoms with Crippen LogP contribution in [0.3, 0.4) is 0 Å². The van der Waals surface area contributed by atoms with Crippen molar-refractivity contribution in [3.8, 4) is 0 Å². The zero-order chi connectivity index (χ0) is 19.4. The highest BCUT2D eigenvalue weighted by molar-refractivity contribution is 5.46. The number of halogens is 1. The molecule has 4 nitrogen and oxygen atoms in total. The predicted octanol–water partition coefficient (Wildman–Crippen LogP) is 3.54. The molecule has 0 bridgehead atoms. The minimum absolute atomic E-state index is 0.198. The van der Waals surface area contributed by atoms with Crippen molar-refractivity contribution in [3.05, 3.63) is 30.1 Å². The molecule has 1 aliphatic heterocycles. The van der Waals surface area contributed by atoms with Gasteiger partial charge in [-0.1, -0.05) is 20.8 Å². The molecule has 2 aliphatic rings. The fraction of sp³-hybridized carbons (Fsp3) is 0.727. The summed E-state index contributed by atoms with van der Waals surface area (Å²) in [6, 6.07) is 6.69. The molecule has 0 spiro atoms. The van der Waals surface area contributed by atoms with Crippen molar-refractivity contribution in [2.45, 2.75) is 52.2 Å². The molecule has 0 amide bonds. The van der Waals surface area contributed by atoms with Crippen molar-refractivity contribution in [1.82, 2.24) is 4.90 Å². The van der Waals surface area contributed by atoms with E-state index < -0.39 is 6.10 Å². The van der Waals surface area contributed by atoms with Gasteiger partial charge in [0.05, 0.1) is 18.8 Å². The minimum atomic E-state index is -0.442. The summed E-state index contributed by atoms with van der Waals surface area (Å²) < 4.78 is 19.1. The second-order valence-corrected chi connectivity index (χ2v) is 9.29. The lowest BCUT2D eigenvalue weighted by Gasteiger charge is -2.39. The van der Waals surface area contributed by atoms with Gasteiger partial charge in [0.15, 0.2) is 0 Å². The molecular formula is C22H35FN2O2. The van der Waals surface area contributed by atoms with E-state index in [0.717, 1.165) is 44.7 Å². The van der Waals surface area contributed by atoms with Gasteiger partial charge in [-0.25, -0.2) is 4.39 Å². The van der Waals surface area contributed by atoms with E-state index in [1.54, 1.807) is 0 Å². The third-order valence-electron chi connectivity index (χ3n) is 5.90. The Morgan fingerprint density at radius 1 is 1.15 bits per heavy atom. The van der Waals surface area contributed by atoms with Crippen LogP contribution in [0.5, 0.6) is 0 Å². The van der Waals surface area contributed by atoms with Gasteiger partial charge in [0, 0.05) is 38.4 Å². The number of aliphatic hydroxyl groups is 1. The van der Waals surface area contributed by atoms with Gasteiger partial charge in [-0.2, -0.15) is 0 Å². The SMILES string of the molecule is C[C@@H]1C[C@@H](OC[C@H](O)CN2CCN(c3ccc(F)cc3)CC2)CC(C)(C)C1. The zero-order valence-corrected chi connectivity index (χ0v) is 17.0. The molecule has 3 atom stereocenters. The molecule has 1 aromatic rings. The lowest BCUT2D eigenvalue weighted by Crippen LogP contribution is -2.49. The monoisotopic (exact) mass is 378 g/mol. The number of anilines is 1. The summed E-state index contributed by atoms with van der Waals surface area (Å²) in [6.45, 7) is 11.6.